The van der Waals surface area contributed by atoms with Gasteiger partial charge in [0, 0.05) is 6.54 Å². The summed E-state index contributed by atoms with van der Waals surface area (Å²) in [6, 6.07) is 1.65. The van der Waals surface area contributed by atoms with E-state index in [0.29, 0.717) is 16.8 Å². The summed E-state index contributed by atoms with van der Waals surface area (Å²) >= 11 is 3.25. The number of aromatic nitrogens is 2. The average Bonchev–Trinajstić information content (AvgIpc) is 2.75. The molecule has 94 valence electrons. The third kappa shape index (κ3) is 2.19. The Morgan fingerprint density at radius 2 is 2.33 bits per heavy atom. The van der Waals surface area contributed by atoms with Crippen molar-refractivity contribution >= 4 is 27.4 Å². The summed E-state index contributed by atoms with van der Waals surface area (Å²) in [7, 11) is 0. The molecule has 1 N–H and O–H groups in total. The maximum atomic E-state index is 11.2. The van der Waals surface area contributed by atoms with Gasteiger partial charge in [0.15, 0.2) is 11.5 Å². The van der Waals surface area contributed by atoms with Gasteiger partial charge in [-0.2, -0.15) is 0 Å². The molecule has 0 saturated heterocycles. The fraction of sp³-hybridized carbons (Fsp3) is 0.200. The Morgan fingerprint density at radius 1 is 1.56 bits per heavy atom. The zero-order chi connectivity index (χ0) is 13.1. The van der Waals surface area contributed by atoms with Crippen LogP contribution in [0.5, 0.6) is 0 Å². The molecule has 2 aromatic heterocycles. The van der Waals surface area contributed by atoms with Crippen LogP contribution >= 0.6 is 15.9 Å². The van der Waals surface area contributed by atoms with Crippen molar-refractivity contribution in [3.63, 3.8) is 0 Å². The number of furan rings is 1. The third-order valence-corrected chi connectivity index (χ3v) is 2.81. The van der Waals surface area contributed by atoms with Crippen LogP contribution in [-0.4, -0.2) is 21.4 Å². The van der Waals surface area contributed by atoms with E-state index in [4.69, 9.17) is 4.42 Å². The molecule has 7 nitrogen and oxygen atoms in total. The highest BCUT2D eigenvalue weighted by atomic mass is 79.9. The predicted octanol–water partition coefficient (Wildman–Crippen LogP) is 2.84. The van der Waals surface area contributed by atoms with Crippen molar-refractivity contribution in [2.45, 2.75) is 6.92 Å². The maximum Gasteiger partial charge on any atom is 0.340 e. The molecule has 0 aliphatic heterocycles. The molecule has 0 saturated carbocycles. The average molecular weight is 313 g/mol. The maximum absolute atomic E-state index is 11.2. The normalized spacial score (nSPS) is 10.3. The Bertz CT molecular complexity index is 584. The fourth-order valence-corrected chi connectivity index (χ4v) is 1.87. The lowest BCUT2D eigenvalue weighted by atomic mass is 10.2. The molecular weight excluding hydrogens is 304 g/mol. The Kier molecular flexibility index (Phi) is 3.56. The summed E-state index contributed by atoms with van der Waals surface area (Å²) in [6.07, 6.45) is 2.69. The van der Waals surface area contributed by atoms with Crippen LogP contribution in [0, 0.1) is 10.1 Å². The number of hydrogen-bond acceptors (Lipinski definition) is 6. The molecular formula is C10H9BrN4O3. The van der Waals surface area contributed by atoms with Crippen LogP contribution in [0.3, 0.4) is 0 Å². The van der Waals surface area contributed by atoms with Crippen LogP contribution in [0.4, 0.5) is 11.5 Å². The number of hydrogen-bond donors (Lipinski definition) is 1. The molecule has 0 amide bonds. The zero-order valence-corrected chi connectivity index (χ0v) is 11.0. The molecule has 0 atom stereocenters. The van der Waals surface area contributed by atoms with Gasteiger partial charge in [-0.05, 0) is 28.9 Å². The molecule has 2 heterocycles. The summed E-state index contributed by atoms with van der Waals surface area (Å²) in [5, 5.41) is 14.0. The van der Waals surface area contributed by atoms with Gasteiger partial charge >= 0.3 is 5.69 Å². The van der Waals surface area contributed by atoms with Crippen LogP contribution in [0.1, 0.15) is 6.92 Å². The summed E-state index contributed by atoms with van der Waals surface area (Å²) in [5.41, 5.74) is -0.0576. The van der Waals surface area contributed by atoms with Crippen LogP contribution in [-0.2, 0) is 0 Å². The minimum atomic E-state index is -0.526. The standard InChI is InChI=1S/C10H9BrN4O3/c1-2-12-10-8(15(16)17)7(13-5-14-10)9-6(11)3-4-18-9/h3-5H,2H2,1H3,(H,12,13,14). The lowest BCUT2D eigenvalue weighted by Crippen LogP contribution is -2.06. The van der Waals surface area contributed by atoms with E-state index in [9.17, 15) is 10.1 Å². The lowest BCUT2D eigenvalue weighted by molar-refractivity contribution is -0.383. The van der Waals surface area contributed by atoms with Gasteiger partial charge < -0.3 is 9.73 Å². The first-order valence-electron chi connectivity index (χ1n) is 5.11. The van der Waals surface area contributed by atoms with E-state index < -0.39 is 4.92 Å². The number of nitrogens with one attached hydrogen (secondary N) is 1. The molecule has 0 aliphatic carbocycles. The highest BCUT2D eigenvalue weighted by Gasteiger charge is 2.26. The van der Waals surface area contributed by atoms with E-state index in [0.717, 1.165) is 0 Å². The molecule has 2 aromatic rings. The van der Waals surface area contributed by atoms with Gasteiger partial charge in [0.25, 0.3) is 0 Å². The molecule has 8 heteroatoms. The summed E-state index contributed by atoms with van der Waals surface area (Å²) in [6.45, 7) is 2.35. The first-order valence-corrected chi connectivity index (χ1v) is 5.91. The predicted molar refractivity (Wildman–Crippen MR) is 68.3 cm³/mol. The van der Waals surface area contributed by atoms with Crippen LogP contribution in [0.2, 0.25) is 0 Å². The Morgan fingerprint density at radius 3 is 2.89 bits per heavy atom. The van der Waals surface area contributed by atoms with Crippen LogP contribution in [0.25, 0.3) is 11.5 Å². The molecule has 0 unspecified atom stereocenters. The van der Waals surface area contributed by atoms with E-state index in [1.54, 1.807) is 6.07 Å². The van der Waals surface area contributed by atoms with Crippen molar-refractivity contribution in [2.24, 2.45) is 0 Å². The molecule has 0 aliphatic rings. The first kappa shape index (κ1) is 12.5. The highest BCUT2D eigenvalue weighted by Crippen LogP contribution is 2.36. The van der Waals surface area contributed by atoms with Crippen molar-refractivity contribution in [1.82, 2.24) is 9.97 Å². The second-order valence-electron chi connectivity index (χ2n) is 3.30. The second-order valence-corrected chi connectivity index (χ2v) is 4.16. The van der Waals surface area contributed by atoms with Crippen molar-refractivity contribution in [2.75, 3.05) is 11.9 Å². The largest absolute Gasteiger partial charge is 0.461 e. The minimum Gasteiger partial charge on any atom is -0.461 e. The van der Waals surface area contributed by atoms with Crippen molar-refractivity contribution < 1.29 is 9.34 Å². The first-order chi connectivity index (χ1) is 8.65. The van der Waals surface area contributed by atoms with Crippen LogP contribution < -0.4 is 5.32 Å². The van der Waals surface area contributed by atoms with Gasteiger partial charge in [-0.25, -0.2) is 9.97 Å². The molecule has 0 aromatic carbocycles. The lowest BCUT2D eigenvalue weighted by Gasteiger charge is -2.05. The summed E-state index contributed by atoms with van der Waals surface area (Å²) in [5.74, 6) is 0.485. The van der Waals surface area contributed by atoms with Gasteiger partial charge in [0.05, 0.1) is 15.7 Å². The molecule has 0 radical (unpaired) electrons. The summed E-state index contributed by atoms with van der Waals surface area (Å²) in [4.78, 5) is 18.4. The van der Waals surface area contributed by atoms with E-state index in [-0.39, 0.29) is 17.2 Å². The quantitative estimate of drug-likeness (QED) is 0.689. The number of anilines is 1. The van der Waals surface area contributed by atoms with E-state index in [2.05, 4.69) is 31.2 Å². The van der Waals surface area contributed by atoms with Crippen molar-refractivity contribution in [1.29, 1.82) is 0 Å². The molecule has 2 rings (SSSR count). The zero-order valence-electron chi connectivity index (χ0n) is 9.38. The second kappa shape index (κ2) is 5.13. The van der Waals surface area contributed by atoms with E-state index in [1.807, 2.05) is 6.92 Å². The van der Waals surface area contributed by atoms with Gasteiger partial charge in [-0.15, -0.1) is 0 Å². The van der Waals surface area contributed by atoms with Crippen molar-refractivity contribution in [3.8, 4) is 11.5 Å². The smallest absolute Gasteiger partial charge is 0.340 e. The number of rotatable bonds is 4. The molecule has 0 bridgehead atoms. The van der Waals surface area contributed by atoms with Gasteiger partial charge in [0.1, 0.15) is 6.33 Å². The van der Waals surface area contributed by atoms with E-state index in [1.165, 1.54) is 12.6 Å². The monoisotopic (exact) mass is 312 g/mol. The van der Waals surface area contributed by atoms with Crippen molar-refractivity contribution in [3.05, 3.63) is 33.2 Å². The Balaban J connectivity index is 2.64. The molecule has 0 spiro atoms. The minimum absolute atomic E-state index is 0.142. The molecule has 18 heavy (non-hydrogen) atoms. The topological polar surface area (TPSA) is 94.1 Å². The Hall–Kier alpha value is -1.96. The van der Waals surface area contributed by atoms with E-state index >= 15 is 0 Å². The molecule has 0 fully saturated rings. The Labute approximate surface area is 111 Å². The summed E-state index contributed by atoms with van der Waals surface area (Å²) < 4.78 is 5.81. The number of nitro groups is 1. The van der Waals surface area contributed by atoms with Gasteiger partial charge in [0.2, 0.25) is 5.82 Å². The van der Waals surface area contributed by atoms with Gasteiger partial charge in [-0.3, -0.25) is 10.1 Å². The number of halogens is 1. The number of nitrogens with zero attached hydrogens (tertiary/aromatic N) is 3. The SMILES string of the molecule is CCNc1ncnc(-c2occc2Br)c1[N+](=O)[O-]. The third-order valence-electron chi connectivity index (χ3n) is 2.18. The van der Waals surface area contributed by atoms with Gasteiger partial charge in [-0.1, -0.05) is 0 Å². The fourth-order valence-electron chi connectivity index (χ4n) is 1.48. The highest BCUT2D eigenvalue weighted by molar-refractivity contribution is 9.10. The van der Waals surface area contributed by atoms with Crippen LogP contribution in [0.15, 0.2) is 27.5 Å².